The van der Waals surface area contributed by atoms with E-state index in [1.807, 2.05) is 0 Å². The lowest BCUT2D eigenvalue weighted by molar-refractivity contribution is 0.120. The van der Waals surface area contributed by atoms with E-state index in [-0.39, 0.29) is 0 Å². The molecule has 0 bridgehead atoms. The molecule has 1 aromatic carbocycles. The van der Waals surface area contributed by atoms with Gasteiger partial charge in [0.25, 0.3) is 0 Å². The highest BCUT2D eigenvalue weighted by molar-refractivity contribution is 5.18. The average Bonchev–Trinajstić information content (AvgIpc) is 2.82. The fourth-order valence-corrected chi connectivity index (χ4v) is 4.00. The molecule has 3 rings (SSSR count). The molecule has 2 nitrogen and oxygen atoms in total. The van der Waals surface area contributed by atoms with Crippen LogP contribution in [0.5, 0.6) is 0 Å². The second-order valence-corrected chi connectivity index (χ2v) is 6.90. The first-order chi connectivity index (χ1) is 9.76. The van der Waals surface area contributed by atoms with E-state index in [0.29, 0.717) is 5.54 Å². The molecule has 20 heavy (non-hydrogen) atoms. The van der Waals surface area contributed by atoms with E-state index in [1.165, 1.54) is 63.8 Å². The summed E-state index contributed by atoms with van der Waals surface area (Å²) in [7, 11) is 0. The molecule has 1 unspecified atom stereocenters. The second kappa shape index (κ2) is 6.28. The Hall–Kier alpha value is -0.860. The summed E-state index contributed by atoms with van der Waals surface area (Å²) in [4.78, 5) is 2.79. The molecule has 1 atom stereocenters. The molecule has 0 aromatic heterocycles. The van der Waals surface area contributed by atoms with Crippen molar-refractivity contribution in [2.24, 2.45) is 5.92 Å². The van der Waals surface area contributed by atoms with Crippen molar-refractivity contribution >= 4 is 0 Å². The highest BCUT2D eigenvalue weighted by Gasteiger charge is 2.37. The van der Waals surface area contributed by atoms with Gasteiger partial charge in [0.1, 0.15) is 0 Å². The Bertz CT molecular complexity index is 411. The van der Waals surface area contributed by atoms with Crippen LogP contribution >= 0.6 is 0 Å². The quantitative estimate of drug-likeness (QED) is 0.906. The van der Waals surface area contributed by atoms with Crippen LogP contribution in [0.15, 0.2) is 30.3 Å². The molecule has 2 fully saturated rings. The van der Waals surface area contributed by atoms with Gasteiger partial charge in [-0.1, -0.05) is 30.3 Å². The standard InChI is InChI=1S/C18H28N2/c1-18(14-16-6-3-2-4-7-16)10-5-13-20(18)15-17-8-11-19-12-9-17/h2-4,6-7,17,19H,5,8-15H2,1H3. The number of nitrogens with zero attached hydrogens (tertiary/aromatic N) is 1. The van der Waals surface area contributed by atoms with Crippen LogP contribution in [0.1, 0.15) is 38.2 Å². The maximum Gasteiger partial charge on any atom is 0.0222 e. The van der Waals surface area contributed by atoms with Crippen molar-refractivity contribution in [1.82, 2.24) is 10.2 Å². The molecule has 0 aliphatic carbocycles. The number of nitrogens with one attached hydrogen (secondary N) is 1. The smallest absolute Gasteiger partial charge is 0.0222 e. The van der Waals surface area contributed by atoms with Gasteiger partial charge in [-0.25, -0.2) is 0 Å². The van der Waals surface area contributed by atoms with Crippen molar-refractivity contribution in [3.8, 4) is 0 Å². The zero-order valence-corrected chi connectivity index (χ0v) is 12.8. The number of likely N-dealkylation sites (tertiary alicyclic amines) is 1. The van der Waals surface area contributed by atoms with E-state index >= 15 is 0 Å². The lowest BCUT2D eigenvalue weighted by atomic mass is 9.88. The van der Waals surface area contributed by atoms with Crippen molar-refractivity contribution in [3.63, 3.8) is 0 Å². The molecular formula is C18H28N2. The molecular weight excluding hydrogens is 244 g/mol. The minimum Gasteiger partial charge on any atom is -0.317 e. The number of benzene rings is 1. The van der Waals surface area contributed by atoms with Crippen molar-refractivity contribution in [3.05, 3.63) is 35.9 Å². The van der Waals surface area contributed by atoms with Crippen molar-refractivity contribution in [2.75, 3.05) is 26.2 Å². The van der Waals surface area contributed by atoms with E-state index in [4.69, 9.17) is 0 Å². The minimum absolute atomic E-state index is 0.381. The Balaban J connectivity index is 1.64. The second-order valence-electron chi connectivity index (χ2n) is 6.90. The van der Waals surface area contributed by atoms with Crippen LogP contribution in [-0.2, 0) is 6.42 Å². The van der Waals surface area contributed by atoms with Gasteiger partial charge in [-0.2, -0.15) is 0 Å². The molecule has 2 saturated heterocycles. The van der Waals surface area contributed by atoms with Crippen LogP contribution in [0.3, 0.4) is 0 Å². The predicted octanol–water partition coefficient (Wildman–Crippen LogP) is 3.08. The fourth-order valence-electron chi connectivity index (χ4n) is 4.00. The Morgan fingerprint density at radius 1 is 1.20 bits per heavy atom. The molecule has 2 heterocycles. The Kier molecular flexibility index (Phi) is 4.42. The lowest BCUT2D eigenvalue weighted by Crippen LogP contribution is -2.46. The van der Waals surface area contributed by atoms with Crippen LogP contribution in [0.25, 0.3) is 0 Å². The molecule has 2 aliphatic rings. The SMILES string of the molecule is CC1(Cc2ccccc2)CCCN1CC1CCNCC1. The third-order valence-electron chi connectivity index (χ3n) is 5.27. The van der Waals surface area contributed by atoms with Crippen LogP contribution in [-0.4, -0.2) is 36.6 Å². The molecule has 1 aromatic rings. The summed E-state index contributed by atoms with van der Waals surface area (Å²) in [5.74, 6) is 0.907. The van der Waals surface area contributed by atoms with Gasteiger partial charge >= 0.3 is 0 Å². The average molecular weight is 272 g/mol. The Morgan fingerprint density at radius 3 is 2.70 bits per heavy atom. The Labute approximate surface area is 123 Å². The molecule has 0 saturated carbocycles. The zero-order valence-electron chi connectivity index (χ0n) is 12.8. The topological polar surface area (TPSA) is 15.3 Å². The molecule has 0 radical (unpaired) electrons. The summed E-state index contributed by atoms with van der Waals surface area (Å²) in [5, 5.41) is 3.48. The highest BCUT2D eigenvalue weighted by atomic mass is 15.2. The third kappa shape index (κ3) is 3.24. The minimum atomic E-state index is 0.381. The Morgan fingerprint density at radius 2 is 1.95 bits per heavy atom. The zero-order chi connectivity index (χ0) is 13.8. The summed E-state index contributed by atoms with van der Waals surface area (Å²) in [6.07, 6.45) is 6.65. The van der Waals surface area contributed by atoms with Gasteiger partial charge in [0, 0.05) is 12.1 Å². The van der Waals surface area contributed by atoms with Crippen LogP contribution in [0, 0.1) is 5.92 Å². The molecule has 0 amide bonds. The summed E-state index contributed by atoms with van der Waals surface area (Å²) < 4.78 is 0. The highest BCUT2D eigenvalue weighted by Crippen LogP contribution is 2.33. The lowest BCUT2D eigenvalue weighted by Gasteiger charge is -2.38. The summed E-state index contributed by atoms with van der Waals surface area (Å²) in [6, 6.07) is 11.0. The monoisotopic (exact) mass is 272 g/mol. The first-order valence-electron chi connectivity index (χ1n) is 8.26. The molecule has 1 N–H and O–H groups in total. The van der Waals surface area contributed by atoms with Gasteiger partial charge in [0.2, 0.25) is 0 Å². The maximum atomic E-state index is 3.48. The van der Waals surface area contributed by atoms with Crippen LogP contribution < -0.4 is 5.32 Å². The number of rotatable bonds is 4. The van der Waals surface area contributed by atoms with E-state index in [0.717, 1.165) is 5.92 Å². The van der Waals surface area contributed by atoms with Crippen molar-refractivity contribution in [1.29, 1.82) is 0 Å². The summed E-state index contributed by atoms with van der Waals surface area (Å²) >= 11 is 0. The number of piperidine rings is 1. The largest absolute Gasteiger partial charge is 0.317 e. The van der Waals surface area contributed by atoms with Gasteiger partial charge in [0.05, 0.1) is 0 Å². The van der Waals surface area contributed by atoms with E-state index in [2.05, 4.69) is 47.5 Å². The van der Waals surface area contributed by atoms with Gasteiger partial charge in [-0.3, -0.25) is 4.90 Å². The normalized spacial score (nSPS) is 28.9. The van der Waals surface area contributed by atoms with Gasteiger partial charge < -0.3 is 5.32 Å². The number of hydrogen-bond donors (Lipinski definition) is 1. The molecule has 2 aliphatic heterocycles. The maximum absolute atomic E-state index is 3.48. The molecule has 0 spiro atoms. The van der Waals surface area contributed by atoms with Gasteiger partial charge in [-0.15, -0.1) is 0 Å². The summed E-state index contributed by atoms with van der Waals surface area (Å²) in [6.45, 7) is 7.52. The third-order valence-corrected chi connectivity index (χ3v) is 5.27. The van der Waals surface area contributed by atoms with Crippen molar-refractivity contribution < 1.29 is 0 Å². The van der Waals surface area contributed by atoms with E-state index < -0.39 is 0 Å². The van der Waals surface area contributed by atoms with Gasteiger partial charge in [-0.05, 0) is 70.1 Å². The fraction of sp³-hybridized carbons (Fsp3) is 0.667. The first-order valence-corrected chi connectivity index (χ1v) is 8.26. The first kappa shape index (κ1) is 14.1. The van der Waals surface area contributed by atoms with E-state index in [9.17, 15) is 0 Å². The molecule has 2 heteroatoms. The predicted molar refractivity (Wildman–Crippen MR) is 85.0 cm³/mol. The van der Waals surface area contributed by atoms with Crippen LogP contribution in [0.4, 0.5) is 0 Å². The van der Waals surface area contributed by atoms with Crippen molar-refractivity contribution in [2.45, 2.75) is 44.6 Å². The number of hydrogen-bond acceptors (Lipinski definition) is 2. The van der Waals surface area contributed by atoms with Crippen LogP contribution in [0.2, 0.25) is 0 Å². The molecule has 110 valence electrons. The van der Waals surface area contributed by atoms with Gasteiger partial charge in [0.15, 0.2) is 0 Å². The summed E-state index contributed by atoms with van der Waals surface area (Å²) in [5.41, 5.74) is 1.87. The van der Waals surface area contributed by atoms with E-state index in [1.54, 1.807) is 0 Å².